The van der Waals surface area contributed by atoms with Crippen LogP contribution in [0.2, 0.25) is 5.02 Å². The number of nitrogens with one attached hydrogen (secondary N) is 1. The molecule has 1 N–H and O–H groups in total. The lowest BCUT2D eigenvalue weighted by Crippen LogP contribution is -2.35. The maximum absolute atomic E-state index is 12.3. The summed E-state index contributed by atoms with van der Waals surface area (Å²) in [7, 11) is -4.06. The molecule has 1 aliphatic rings. The Morgan fingerprint density at radius 1 is 1.35 bits per heavy atom. The van der Waals surface area contributed by atoms with E-state index in [1.807, 2.05) is 0 Å². The molecule has 128 valence electrons. The molecule has 0 saturated carbocycles. The van der Waals surface area contributed by atoms with Gasteiger partial charge in [-0.05, 0) is 24.6 Å². The molecule has 1 aliphatic heterocycles. The quantitative estimate of drug-likeness (QED) is 0.820. The third kappa shape index (κ3) is 4.03. The highest BCUT2D eigenvalue weighted by molar-refractivity contribution is 7.91. The molecule has 0 spiro atoms. The average molecular weight is 381 g/mol. The Kier molecular flexibility index (Phi) is 5.05. The zero-order chi connectivity index (χ0) is 17.4. The van der Waals surface area contributed by atoms with E-state index in [1.54, 1.807) is 0 Å². The zero-order valence-corrected chi connectivity index (χ0v) is 15.0. The Bertz CT molecular complexity index is 834. The smallest absolute Gasteiger partial charge is 0.253 e. The molecular formula is C13H17ClN2O5S2. The molecular weight excluding hydrogens is 364 g/mol. The molecule has 1 amide bonds. The Balaban J connectivity index is 2.27. The summed E-state index contributed by atoms with van der Waals surface area (Å²) < 4.78 is 48.1. The normalized spacial score (nSPS) is 20.6. The predicted octanol–water partition coefficient (Wildman–Crippen LogP) is 0.507. The van der Waals surface area contributed by atoms with Gasteiger partial charge in [0.25, 0.3) is 5.91 Å². The van der Waals surface area contributed by atoms with Crippen LogP contribution in [0.3, 0.4) is 0 Å². The minimum absolute atomic E-state index is 0.00103. The second kappa shape index (κ2) is 6.39. The van der Waals surface area contributed by atoms with Crippen LogP contribution in [0, 0.1) is 0 Å². The van der Waals surface area contributed by atoms with Gasteiger partial charge in [0.05, 0.1) is 27.0 Å². The van der Waals surface area contributed by atoms with Crippen LogP contribution in [0.15, 0.2) is 23.1 Å². The fourth-order valence-corrected chi connectivity index (χ4v) is 5.03. The summed E-state index contributed by atoms with van der Waals surface area (Å²) in [5, 5.41) is 2.69. The zero-order valence-electron chi connectivity index (χ0n) is 12.6. The van der Waals surface area contributed by atoms with Crippen molar-refractivity contribution >= 4 is 37.4 Å². The number of hydrogen-bond donors (Lipinski definition) is 1. The van der Waals surface area contributed by atoms with Crippen LogP contribution in [0.4, 0.5) is 0 Å². The van der Waals surface area contributed by atoms with E-state index >= 15 is 0 Å². The minimum Gasteiger partial charge on any atom is -0.348 e. The van der Waals surface area contributed by atoms with E-state index in [0.29, 0.717) is 6.42 Å². The third-order valence-electron chi connectivity index (χ3n) is 3.53. The van der Waals surface area contributed by atoms with Crippen LogP contribution in [-0.2, 0) is 19.9 Å². The second-order valence-electron chi connectivity index (χ2n) is 5.50. The lowest BCUT2D eigenvalue weighted by atomic mass is 10.2. The molecule has 1 saturated heterocycles. The van der Waals surface area contributed by atoms with Crippen molar-refractivity contribution in [2.75, 3.05) is 25.6 Å². The molecule has 0 radical (unpaired) electrons. The van der Waals surface area contributed by atoms with Gasteiger partial charge < -0.3 is 5.32 Å². The summed E-state index contributed by atoms with van der Waals surface area (Å²) in [5.41, 5.74) is -0.00103. The topological polar surface area (TPSA) is 101 Å². The van der Waals surface area contributed by atoms with Gasteiger partial charge in [-0.15, -0.1) is 0 Å². The number of carbonyl (C=O) groups excluding carboxylic acids is 1. The molecule has 23 heavy (non-hydrogen) atoms. The first kappa shape index (κ1) is 18.2. The molecule has 0 unspecified atom stereocenters. The highest BCUT2D eigenvalue weighted by Crippen LogP contribution is 2.23. The van der Waals surface area contributed by atoms with Gasteiger partial charge in [0.15, 0.2) is 9.84 Å². The number of nitrogens with zero attached hydrogens (tertiary/aromatic N) is 1. The van der Waals surface area contributed by atoms with E-state index in [0.717, 1.165) is 4.31 Å². The maximum Gasteiger partial charge on any atom is 0.253 e. The van der Waals surface area contributed by atoms with Crippen LogP contribution in [0.25, 0.3) is 0 Å². The molecule has 1 heterocycles. The molecule has 10 heteroatoms. The monoisotopic (exact) mass is 380 g/mol. The molecule has 2 rings (SSSR count). The molecule has 0 aromatic heterocycles. The van der Waals surface area contributed by atoms with Gasteiger partial charge in [0.2, 0.25) is 10.0 Å². The predicted molar refractivity (Wildman–Crippen MR) is 86.8 cm³/mol. The number of rotatable bonds is 4. The number of halogens is 1. The summed E-state index contributed by atoms with van der Waals surface area (Å²) in [6.07, 6.45) is 0.335. The van der Waals surface area contributed by atoms with Gasteiger partial charge in [-0.1, -0.05) is 11.6 Å². The summed E-state index contributed by atoms with van der Waals surface area (Å²) >= 11 is 5.97. The summed E-state index contributed by atoms with van der Waals surface area (Å²) in [4.78, 5) is 12.2. The molecule has 0 aliphatic carbocycles. The SMILES string of the molecule is CN(C)S(=O)(=O)c1ccc(Cl)c(C(=O)N[C@H]2CCS(=O)(=O)C2)c1. The van der Waals surface area contributed by atoms with E-state index in [4.69, 9.17) is 11.6 Å². The highest BCUT2D eigenvalue weighted by Gasteiger charge is 2.30. The largest absolute Gasteiger partial charge is 0.348 e. The lowest BCUT2D eigenvalue weighted by Gasteiger charge is -2.15. The Morgan fingerprint density at radius 2 is 2.00 bits per heavy atom. The van der Waals surface area contributed by atoms with Crippen LogP contribution in [-0.4, -0.2) is 58.7 Å². The van der Waals surface area contributed by atoms with Gasteiger partial charge in [-0.2, -0.15) is 0 Å². The summed E-state index contributed by atoms with van der Waals surface area (Å²) in [6, 6.07) is 3.35. The Morgan fingerprint density at radius 3 is 2.52 bits per heavy atom. The first-order chi connectivity index (χ1) is 10.5. The highest BCUT2D eigenvalue weighted by atomic mass is 35.5. The van der Waals surface area contributed by atoms with Gasteiger partial charge in [-0.25, -0.2) is 21.1 Å². The first-order valence-electron chi connectivity index (χ1n) is 6.76. The Hall–Kier alpha value is -1.16. The number of carbonyl (C=O) groups is 1. The number of amides is 1. The first-order valence-corrected chi connectivity index (χ1v) is 10.4. The standard InChI is InChI=1S/C13H17ClN2O5S2/c1-16(2)23(20,21)10-3-4-12(14)11(7-10)13(17)15-9-5-6-22(18,19)8-9/h3-4,7,9H,5-6,8H2,1-2H3,(H,15,17)/t9-/m0/s1. The van der Waals surface area contributed by atoms with E-state index in [-0.39, 0.29) is 27.0 Å². The van der Waals surface area contributed by atoms with E-state index in [9.17, 15) is 21.6 Å². The van der Waals surface area contributed by atoms with Crippen molar-refractivity contribution in [2.24, 2.45) is 0 Å². The minimum atomic E-state index is -3.70. The summed E-state index contributed by atoms with van der Waals surface area (Å²) in [5.74, 6) is -0.680. The second-order valence-corrected chi connectivity index (χ2v) is 10.3. The number of hydrogen-bond acceptors (Lipinski definition) is 5. The van der Waals surface area contributed by atoms with Gasteiger partial charge in [-0.3, -0.25) is 4.79 Å². The van der Waals surface area contributed by atoms with Gasteiger partial charge in [0.1, 0.15) is 0 Å². The van der Waals surface area contributed by atoms with Crippen molar-refractivity contribution in [3.8, 4) is 0 Å². The van der Waals surface area contributed by atoms with Crippen molar-refractivity contribution in [1.29, 1.82) is 0 Å². The average Bonchev–Trinajstić information content (AvgIpc) is 2.77. The fraction of sp³-hybridized carbons (Fsp3) is 0.462. The van der Waals surface area contributed by atoms with Crippen molar-refractivity contribution in [2.45, 2.75) is 17.4 Å². The molecule has 0 bridgehead atoms. The molecule has 1 aromatic carbocycles. The van der Waals surface area contributed by atoms with Crippen molar-refractivity contribution in [3.05, 3.63) is 28.8 Å². The lowest BCUT2D eigenvalue weighted by molar-refractivity contribution is 0.0941. The van der Waals surface area contributed by atoms with Gasteiger partial charge >= 0.3 is 0 Å². The Labute approximate surface area is 140 Å². The van der Waals surface area contributed by atoms with Crippen LogP contribution >= 0.6 is 11.6 Å². The van der Waals surface area contributed by atoms with Crippen molar-refractivity contribution in [3.63, 3.8) is 0 Å². The van der Waals surface area contributed by atoms with Crippen LogP contribution in [0.5, 0.6) is 0 Å². The maximum atomic E-state index is 12.3. The molecule has 1 atom stereocenters. The third-order valence-corrected chi connectivity index (χ3v) is 7.44. The molecule has 7 nitrogen and oxygen atoms in total. The van der Waals surface area contributed by atoms with Crippen LogP contribution < -0.4 is 5.32 Å². The molecule has 1 aromatic rings. The fourth-order valence-electron chi connectivity index (χ4n) is 2.22. The summed E-state index contributed by atoms with van der Waals surface area (Å²) in [6.45, 7) is 0. The van der Waals surface area contributed by atoms with Gasteiger partial charge in [0, 0.05) is 20.1 Å². The van der Waals surface area contributed by atoms with Crippen molar-refractivity contribution < 1.29 is 21.6 Å². The number of benzene rings is 1. The number of sulfonamides is 1. The van der Waals surface area contributed by atoms with E-state index in [2.05, 4.69) is 5.32 Å². The molecule has 1 fully saturated rings. The number of sulfone groups is 1. The van der Waals surface area contributed by atoms with E-state index < -0.39 is 31.8 Å². The van der Waals surface area contributed by atoms with E-state index in [1.165, 1.54) is 32.3 Å². The van der Waals surface area contributed by atoms with Crippen molar-refractivity contribution in [1.82, 2.24) is 9.62 Å². The van der Waals surface area contributed by atoms with Crippen LogP contribution in [0.1, 0.15) is 16.8 Å².